The van der Waals surface area contributed by atoms with Crippen LogP contribution < -0.4 is 16.6 Å². The summed E-state index contributed by atoms with van der Waals surface area (Å²) < 4.78 is 0.813. The Morgan fingerprint density at radius 2 is 2.00 bits per heavy atom. The van der Waals surface area contributed by atoms with Crippen molar-refractivity contribution >= 4 is 51.1 Å². The number of carboxylic acids is 1. The fourth-order valence-corrected chi connectivity index (χ4v) is 2.43. The average Bonchev–Trinajstić information content (AvgIpc) is 2.49. The van der Waals surface area contributed by atoms with Crippen LogP contribution in [0.4, 0.5) is 11.5 Å². The molecule has 1 amide bonds. The standard InChI is InChI=1S/C13H11BrN4O4S/c14-7-3-1-6(2-4-7)11(21)16-9-10(15)17-13(18-12(9)22)23-5-8(19)20/h1-4H,5H2,(H,16,21)(H,19,20)(H3,15,17,18,22). The van der Waals surface area contributed by atoms with Crippen molar-refractivity contribution in [2.75, 3.05) is 16.8 Å². The van der Waals surface area contributed by atoms with Crippen LogP contribution in [0.1, 0.15) is 10.4 Å². The number of carboxylic acid groups (broad SMARTS) is 1. The first-order valence-corrected chi connectivity index (χ1v) is 7.96. The zero-order valence-corrected chi connectivity index (χ0v) is 13.9. The van der Waals surface area contributed by atoms with Gasteiger partial charge in [-0.25, -0.2) is 4.98 Å². The first-order valence-electron chi connectivity index (χ1n) is 6.18. The quantitative estimate of drug-likeness (QED) is 0.442. The van der Waals surface area contributed by atoms with E-state index in [-0.39, 0.29) is 22.4 Å². The number of nitrogen functional groups attached to an aromatic ring is 1. The molecule has 2 rings (SSSR count). The van der Waals surface area contributed by atoms with Crippen LogP contribution in [-0.2, 0) is 4.79 Å². The van der Waals surface area contributed by atoms with Gasteiger partial charge < -0.3 is 16.2 Å². The number of H-pyrrole nitrogens is 1. The van der Waals surface area contributed by atoms with Gasteiger partial charge in [0.15, 0.2) is 11.0 Å². The number of thioether (sulfide) groups is 1. The van der Waals surface area contributed by atoms with Crippen molar-refractivity contribution in [2.45, 2.75) is 5.16 Å². The van der Waals surface area contributed by atoms with Gasteiger partial charge >= 0.3 is 5.97 Å². The third kappa shape index (κ3) is 4.57. The molecule has 0 saturated carbocycles. The van der Waals surface area contributed by atoms with E-state index in [0.717, 1.165) is 16.2 Å². The van der Waals surface area contributed by atoms with Gasteiger partial charge in [0, 0.05) is 10.0 Å². The number of aromatic amines is 1. The molecule has 5 N–H and O–H groups in total. The molecule has 0 spiro atoms. The lowest BCUT2D eigenvalue weighted by molar-refractivity contribution is -0.133. The Morgan fingerprint density at radius 1 is 1.35 bits per heavy atom. The third-order valence-electron chi connectivity index (χ3n) is 2.60. The summed E-state index contributed by atoms with van der Waals surface area (Å²) in [5.41, 5.74) is 5.17. The number of nitrogens with two attached hydrogens (primary N) is 1. The van der Waals surface area contributed by atoms with Crippen molar-refractivity contribution in [3.63, 3.8) is 0 Å². The van der Waals surface area contributed by atoms with Gasteiger partial charge in [0.2, 0.25) is 0 Å². The van der Waals surface area contributed by atoms with Crippen molar-refractivity contribution in [1.29, 1.82) is 0 Å². The summed E-state index contributed by atoms with van der Waals surface area (Å²) >= 11 is 4.07. The van der Waals surface area contributed by atoms with Gasteiger partial charge in [-0.05, 0) is 24.3 Å². The lowest BCUT2D eigenvalue weighted by Gasteiger charge is -2.08. The topological polar surface area (TPSA) is 138 Å². The largest absolute Gasteiger partial charge is 0.481 e. The number of rotatable bonds is 5. The van der Waals surface area contributed by atoms with E-state index in [9.17, 15) is 14.4 Å². The number of anilines is 2. The second kappa shape index (κ2) is 7.29. The molecule has 23 heavy (non-hydrogen) atoms. The maximum atomic E-state index is 12.1. The van der Waals surface area contributed by atoms with E-state index in [0.29, 0.717) is 5.56 Å². The molecule has 0 radical (unpaired) electrons. The van der Waals surface area contributed by atoms with Crippen LogP contribution in [0.3, 0.4) is 0 Å². The third-order valence-corrected chi connectivity index (χ3v) is 3.99. The van der Waals surface area contributed by atoms with Gasteiger partial charge in [-0.15, -0.1) is 0 Å². The smallest absolute Gasteiger partial charge is 0.313 e. The summed E-state index contributed by atoms with van der Waals surface area (Å²) in [6.45, 7) is 0. The first-order chi connectivity index (χ1) is 10.9. The fraction of sp³-hybridized carbons (Fsp3) is 0.0769. The number of hydrogen-bond donors (Lipinski definition) is 4. The molecule has 0 aliphatic rings. The van der Waals surface area contributed by atoms with E-state index in [1.165, 1.54) is 0 Å². The van der Waals surface area contributed by atoms with Crippen molar-refractivity contribution in [3.05, 3.63) is 44.7 Å². The summed E-state index contributed by atoms with van der Waals surface area (Å²) in [5, 5.41) is 11.1. The van der Waals surface area contributed by atoms with Crippen LogP contribution in [0.5, 0.6) is 0 Å². The number of nitrogens with one attached hydrogen (secondary N) is 2. The molecule has 8 nitrogen and oxygen atoms in total. The van der Waals surface area contributed by atoms with E-state index in [4.69, 9.17) is 10.8 Å². The number of hydrogen-bond acceptors (Lipinski definition) is 6. The van der Waals surface area contributed by atoms with Gasteiger partial charge in [-0.1, -0.05) is 27.7 Å². The van der Waals surface area contributed by atoms with E-state index in [1.54, 1.807) is 24.3 Å². The summed E-state index contributed by atoms with van der Waals surface area (Å²) in [5.74, 6) is -2.02. The Bertz CT molecular complexity index is 807. The summed E-state index contributed by atoms with van der Waals surface area (Å²) in [4.78, 5) is 40.8. The number of aromatic nitrogens is 2. The molecule has 0 saturated heterocycles. The maximum absolute atomic E-state index is 12.1. The zero-order valence-electron chi connectivity index (χ0n) is 11.5. The Kier molecular flexibility index (Phi) is 5.40. The predicted molar refractivity (Wildman–Crippen MR) is 89.7 cm³/mol. The lowest BCUT2D eigenvalue weighted by Crippen LogP contribution is -2.23. The van der Waals surface area contributed by atoms with Crippen LogP contribution in [0, 0.1) is 0 Å². The monoisotopic (exact) mass is 398 g/mol. The molecule has 0 aliphatic carbocycles. The molecule has 120 valence electrons. The van der Waals surface area contributed by atoms with Gasteiger partial charge in [0.25, 0.3) is 11.5 Å². The SMILES string of the molecule is Nc1nc(SCC(=O)O)[nH]c(=O)c1NC(=O)c1ccc(Br)cc1. The van der Waals surface area contributed by atoms with E-state index < -0.39 is 17.4 Å². The molecular weight excluding hydrogens is 388 g/mol. The van der Waals surface area contributed by atoms with Crippen molar-refractivity contribution < 1.29 is 14.7 Å². The van der Waals surface area contributed by atoms with Crippen LogP contribution in [0.15, 0.2) is 38.7 Å². The fourth-order valence-electron chi connectivity index (χ4n) is 1.58. The van der Waals surface area contributed by atoms with E-state index >= 15 is 0 Å². The minimum Gasteiger partial charge on any atom is -0.481 e. The minimum atomic E-state index is -1.05. The highest BCUT2D eigenvalue weighted by molar-refractivity contribution is 9.10. The molecule has 0 atom stereocenters. The van der Waals surface area contributed by atoms with Crippen molar-refractivity contribution in [2.24, 2.45) is 0 Å². The number of amides is 1. The Hall–Kier alpha value is -2.33. The van der Waals surface area contributed by atoms with Gasteiger partial charge in [0.05, 0.1) is 5.75 Å². The van der Waals surface area contributed by atoms with Crippen molar-refractivity contribution in [3.8, 4) is 0 Å². The summed E-state index contributed by atoms with van der Waals surface area (Å²) in [6, 6.07) is 6.53. The first kappa shape index (κ1) is 17.0. The van der Waals surface area contributed by atoms with Crippen LogP contribution in [-0.4, -0.2) is 32.7 Å². The van der Waals surface area contributed by atoms with Crippen molar-refractivity contribution in [1.82, 2.24) is 9.97 Å². The molecule has 0 unspecified atom stereocenters. The highest BCUT2D eigenvalue weighted by Crippen LogP contribution is 2.17. The number of halogens is 1. The van der Waals surface area contributed by atoms with Crippen LogP contribution in [0.2, 0.25) is 0 Å². The Morgan fingerprint density at radius 3 is 2.57 bits per heavy atom. The second-order valence-corrected chi connectivity index (χ2v) is 6.15. The predicted octanol–water partition coefficient (Wildman–Crippen LogP) is 1.54. The molecule has 1 aromatic carbocycles. The zero-order chi connectivity index (χ0) is 17.0. The number of nitrogens with zero attached hydrogens (tertiary/aromatic N) is 1. The summed E-state index contributed by atoms with van der Waals surface area (Å²) in [7, 11) is 0. The highest BCUT2D eigenvalue weighted by atomic mass is 79.9. The van der Waals surface area contributed by atoms with E-state index in [1.807, 2.05) is 0 Å². The van der Waals surface area contributed by atoms with Gasteiger partial charge in [-0.3, -0.25) is 19.4 Å². The maximum Gasteiger partial charge on any atom is 0.313 e. The molecule has 0 bridgehead atoms. The normalized spacial score (nSPS) is 10.3. The number of carbonyl (C=O) groups excluding carboxylic acids is 1. The molecule has 1 heterocycles. The minimum absolute atomic E-state index is 0.0662. The van der Waals surface area contributed by atoms with Gasteiger partial charge in [-0.2, -0.15) is 0 Å². The molecule has 1 aromatic heterocycles. The van der Waals surface area contributed by atoms with E-state index in [2.05, 4.69) is 31.2 Å². The Balaban J connectivity index is 2.20. The van der Waals surface area contributed by atoms with Gasteiger partial charge in [0.1, 0.15) is 5.69 Å². The average molecular weight is 399 g/mol. The molecule has 0 fully saturated rings. The van der Waals surface area contributed by atoms with Crippen LogP contribution in [0.25, 0.3) is 0 Å². The number of carbonyl (C=O) groups is 2. The molecule has 2 aromatic rings. The highest BCUT2D eigenvalue weighted by Gasteiger charge is 2.14. The summed E-state index contributed by atoms with van der Waals surface area (Å²) in [6.07, 6.45) is 0. The lowest BCUT2D eigenvalue weighted by atomic mass is 10.2. The number of benzene rings is 1. The molecular formula is C13H11BrN4O4S. The molecule has 0 aliphatic heterocycles. The van der Waals surface area contributed by atoms with Crippen LogP contribution >= 0.6 is 27.7 Å². The molecule has 10 heteroatoms. The second-order valence-electron chi connectivity index (χ2n) is 4.27. The Labute approximate surface area is 142 Å². The number of aliphatic carboxylic acids is 1.